The number of ether oxygens (including phenoxy) is 1. The molecular formula is C17H17Cl2N3O2. The maximum atomic E-state index is 12.4. The van der Waals surface area contributed by atoms with Crippen molar-refractivity contribution in [2.24, 2.45) is 0 Å². The molecule has 0 bridgehead atoms. The van der Waals surface area contributed by atoms with E-state index in [4.69, 9.17) is 27.9 Å². The molecule has 1 fully saturated rings. The highest BCUT2D eigenvalue weighted by molar-refractivity contribution is 6.36. The van der Waals surface area contributed by atoms with Crippen molar-refractivity contribution in [1.29, 1.82) is 0 Å². The minimum absolute atomic E-state index is 0.218. The Morgan fingerprint density at radius 3 is 2.92 bits per heavy atom. The number of carbonyl (C=O) groups excluding carboxylic acids is 1. The molecule has 2 N–H and O–H groups in total. The Balaban J connectivity index is 1.65. The van der Waals surface area contributed by atoms with Gasteiger partial charge in [-0.1, -0.05) is 23.2 Å². The second kappa shape index (κ2) is 7.83. The van der Waals surface area contributed by atoms with Gasteiger partial charge in [0.1, 0.15) is 0 Å². The number of nitrogens with zero attached hydrogens (tertiary/aromatic N) is 1. The number of hydrogen-bond acceptors (Lipinski definition) is 4. The predicted molar refractivity (Wildman–Crippen MR) is 96.1 cm³/mol. The topological polar surface area (TPSA) is 63.2 Å². The lowest BCUT2D eigenvalue weighted by atomic mass is 10.2. The van der Waals surface area contributed by atoms with Crippen molar-refractivity contribution in [2.45, 2.75) is 18.9 Å². The van der Waals surface area contributed by atoms with E-state index in [1.54, 1.807) is 30.5 Å². The fourth-order valence-electron chi connectivity index (χ4n) is 2.48. The lowest BCUT2D eigenvalue weighted by molar-refractivity contribution is 0.102. The highest BCUT2D eigenvalue weighted by atomic mass is 35.5. The molecule has 7 heteroatoms. The standard InChI is InChI=1S/C17H17Cl2N3O2/c18-12-3-4-16(15(19)7-12)22-17(23)11-6-13(9-20-8-11)21-10-14-2-1-5-24-14/h3-4,6-9,14,21H,1-2,5,10H2,(H,22,23). The van der Waals surface area contributed by atoms with Gasteiger partial charge in [-0.05, 0) is 37.1 Å². The summed E-state index contributed by atoms with van der Waals surface area (Å²) in [6, 6.07) is 6.66. The van der Waals surface area contributed by atoms with E-state index < -0.39 is 0 Å². The zero-order valence-electron chi connectivity index (χ0n) is 12.9. The van der Waals surface area contributed by atoms with Crippen LogP contribution in [0.1, 0.15) is 23.2 Å². The molecule has 2 heterocycles. The Morgan fingerprint density at radius 1 is 1.29 bits per heavy atom. The molecule has 1 amide bonds. The Labute approximate surface area is 150 Å². The first-order chi connectivity index (χ1) is 11.6. The van der Waals surface area contributed by atoms with E-state index >= 15 is 0 Å². The zero-order valence-corrected chi connectivity index (χ0v) is 14.4. The molecule has 1 saturated heterocycles. The van der Waals surface area contributed by atoms with Crippen LogP contribution in [0.3, 0.4) is 0 Å². The molecular weight excluding hydrogens is 349 g/mol. The summed E-state index contributed by atoms with van der Waals surface area (Å²) in [5, 5.41) is 6.91. The molecule has 0 radical (unpaired) electrons. The normalized spacial score (nSPS) is 16.8. The Kier molecular flexibility index (Phi) is 5.56. The van der Waals surface area contributed by atoms with Crippen molar-refractivity contribution in [3.05, 3.63) is 52.3 Å². The van der Waals surface area contributed by atoms with Crippen molar-refractivity contribution < 1.29 is 9.53 Å². The average molecular weight is 366 g/mol. The SMILES string of the molecule is O=C(Nc1ccc(Cl)cc1Cl)c1cncc(NCC2CCCO2)c1. The third-order valence-corrected chi connectivity index (χ3v) is 4.29. The van der Waals surface area contributed by atoms with Gasteiger partial charge in [0.2, 0.25) is 0 Å². The summed E-state index contributed by atoms with van der Waals surface area (Å²) >= 11 is 11.9. The smallest absolute Gasteiger partial charge is 0.257 e. The van der Waals surface area contributed by atoms with Gasteiger partial charge in [0.05, 0.1) is 28.1 Å². The summed E-state index contributed by atoms with van der Waals surface area (Å²) in [6.45, 7) is 1.52. The Morgan fingerprint density at radius 2 is 2.17 bits per heavy atom. The highest BCUT2D eigenvalue weighted by Gasteiger charge is 2.15. The van der Waals surface area contributed by atoms with Crippen LogP contribution >= 0.6 is 23.2 Å². The molecule has 126 valence electrons. The summed E-state index contributed by atoms with van der Waals surface area (Å²) < 4.78 is 5.57. The van der Waals surface area contributed by atoms with Crippen LogP contribution in [0.2, 0.25) is 10.0 Å². The van der Waals surface area contributed by atoms with Gasteiger partial charge in [-0.15, -0.1) is 0 Å². The molecule has 3 rings (SSSR count). The van der Waals surface area contributed by atoms with E-state index in [1.807, 2.05) is 0 Å². The summed E-state index contributed by atoms with van der Waals surface area (Å²) in [7, 11) is 0. The number of aromatic nitrogens is 1. The number of benzene rings is 1. The van der Waals surface area contributed by atoms with E-state index in [-0.39, 0.29) is 12.0 Å². The second-order valence-corrected chi connectivity index (χ2v) is 6.40. The van der Waals surface area contributed by atoms with E-state index in [0.717, 1.165) is 25.1 Å². The van der Waals surface area contributed by atoms with Crippen molar-refractivity contribution >= 4 is 40.5 Å². The lowest BCUT2D eigenvalue weighted by Gasteiger charge is -2.12. The third-order valence-electron chi connectivity index (χ3n) is 3.74. The van der Waals surface area contributed by atoms with Crippen molar-refractivity contribution in [3.8, 4) is 0 Å². The number of carbonyl (C=O) groups is 1. The molecule has 0 aliphatic carbocycles. The molecule has 1 aliphatic rings. The number of anilines is 2. The third kappa shape index (κ3) is 4.38. The van der Waals surface area contributed by atoms with Crippen molar-refractivity contribution in [1.82, 2.24) is 4.98 Å². The Hall–Kier alpha value is -1.82. The van der Waals surface area contributed by atoms with Crippen LogP contribution in [0.4, 0.5) is 11.4 Å². The molecule has 1 unspecified atom stereocenters. The maximum absolute atomic E-state index is 12.4. The second-order valence-electron chi connectivity index (χ2n) is 5.56. The maximum Gasteiger partial charge on any atom is 0.257 e. The minimum Gasteiger partial charge on any atom is -0.381 e. The summed E-state index contributed by atoms with van der Waals surface area (Å²) in [6.07, 6.45) is 5.55. The summed E-state index contributed by atoms with van der Waals surface area (Å²) in [5.74, 6) is -0.285. The molecule has 0 saturated carbocycles. The molecule has 2 aromatic rings. The first kappa shape index (κ1) is 17.0. The molecule has 1 aliphatic heterocycles. The van der Waals surface area contributed by atoms with Crippen LogP contribution in [0.15, 0.2) is 36.7 Å². The first-order valence-corrected chi connectivity index (χ1v) is 8.44. The number of nitrogens with one attached hydrogen (secondary N) is 2. The fourth-order valence-corrected chi connectivity index (χ4v) is 2.94. The van der Waals surface area contributed by atoms with E-state index in [0.29, 0.717) is 27.8 Å². The van der Waals surface area contributed by atoms with Gasteiger partial charge in [-0.3, -0.25) is 9.78 Å². The number of hydrogen-bond donors (Lipinski definition) is 2. The number of amides is 1. The highest BCUT2D eigenvalue weighted by Crippen LogP contribution is 2.26. The fraction of sp³-hybridized carbons (Fsp3) is 0.294. The molecule has 24 heavy (non-hydrogen) atoms. The molecule has 0 spiro atoms. The van der Waals surface area contributed by atoms with Crippen LogP contribution in [-0.2, 0) is 4.74 Å². The molecule has 1 aromatic heterocycles. The summed E-state index contributed by atoms with van der Waals surface area (Å²) in [5.41, 5.74) is 1.72. The lowest BCUT2D eigenvalue weighted by Crippen LogP contribution is -2.19. The van der Waals surface area contributed by atoms with Crippen LogP contribution in [0.5, 0.6) is 0 Å². The van der Waals surface area contributed by atoms with Gasteiger partial charge in [-0.25, -0.2) is 0 Å². The number of halogens is 2. The van der Waals surface area contributed by atoms with E-state index in [9.17, 15) is 4.79 Å². The van der Waals surface area contributed by atoms with Crippen LogP contribution in [0, 0.1) is 0 Å². The first-order valence-electron chi connectivity index (χ1n) is 7.69. The van der Waals surface area contributed by atoms with Gasteiger partial charge >= 0.3 is 0 Å². The monoisotopic (exact) mass is 365 g/mol. The largest absolute Gasteiger partial charge is 0.381 e. The van der Waals surface area contributed by atoms with Gasteiger partial charge in [0, 0.05) is 30.6 Å². The molecule has 5 nitrogen and oxygen atoms in total. The van der Waals surface area contributed by atoms with Crippen LogP contribution < -0.4 is 10.6 Å². The summed E-state index contributed by atoms with van der Waals surface area (Å²) in [4.78, 5) is 16.5. The quantitative estimate of drug-likeness (QED) is 0.831. The van der Waals surface area contributed by atoms with Crippen molar-refractivity contribution in [2.75, 3.05) is 23.8 Å². The van der Waals surface area contributed by atoms with Gasteiger partial charge in [-0.2, -0.15) is 0 Å². The predicted octanol–water partition coefficient (Wildman–Crippen LogP) is 4.23. The number of pyridine rings is 1. The van der Waals surface area contributed by atoms with Crippen molar-refractivity contribution in [3.63, 3.8) is 0 Å². The molecule has 1 atom stereocenters. The van der Waals surface area contributed by atoms with Gasteiger partial charge in [0.15, 0.2) is 0 Å². The van der Waals surface area contributed by atoms with Crippen LogP contribution in [-0.4, -0.2) is 30.1 Å². The van der Waals surface area contributed by atoms with E-state index in [1.165, 1.54) is 6.20 Å². The minimum atomic E-state index is -0.285. The Bertz CT molecular complexity index is 734. The van der Waals surface area contributed by atoms with Gasteiger partial charge in [0.25, 0.3) is 5.91 Å². The van der Waals surface area contributed by atoms with Crippen LogP contribution in [0.25, 0.3) is 0 Å². The average Bonchev–Trinajstić information content (AvgIpc) is 3.09. The van der Waals surface area contributed by atoms with E-state index in [2.05, 4.69) is 15.6 Å². The molecule has 1 aromatic carbocycles. The number of rotatable bonds is 5. The zero-order chi connectivity index (χ0) is 16.9. The van der Waals surface area contributed by atoms with Gasteiger partial charge < -0.3 is 15.4 Å².